The van der Waals surface area contributed by atoms with Gasteiger partial charge in [-0.15, -0.1) is 10.2 Å². The van der Waals surface area contributed by atoms with Crippen molar-refractivity contribution in [3.05, 3.63) is 47.7 Å². The number of nitrogens with zero attached hydrogens (tertiary/aromatic N) is 2. The number of benzene rings is 1. The van der Waals surface area contributed by atoms with Crippen LogP contribution in [0.25, 0.3) is 0 Å². The molecule has 0 bridgehead atoms. The number of anilines is 2. The average Bonchev–Trinajstić information content (AvgIpc) is 2.48. The molecule has 0 fully saturated rings. The van der Waals surface area contributed by atoms with Gasteiger partial charge < -0.3 is 10.6 Å². The Hall–Kier alpha value is -2.43. The molecule has 5 nitrogen and oxygen atoms in total. The molecule has 2 aromatic rings. The fraction of sp³-hybridized carbons (Fsp3) is 0.267. The third-order valence-corrected chi connectivity index (χ3v) is 2.85. The van der Waals surface area contributed by atoms with Gasteiger partial charge in [0.05, 0.1) is 0 Å². The summed E-state index contributed by atoms with van der Waals surface area (Å²) in [6.45, 7) is 4.82. The molecule has 1 aromatic carbocycles. The summed E-state index contributed by atoms with van der Waals surface area (Å²) in [5.74, 6) is 0.408. The molecule has 5 heteroatoms. The molecule has 0 unspecified atom stereocenters. The molecular formula is C15H18N4O. The molecule has 2 N–H and O–H groups in total. The predicted octanol–water partition coefficient (Wildman–Crippen LogP) is 2.72. The lowest BCUT2D eigenvalue weighted by molar-refractivity contribution is 0.102. The van der Waals surface area contributed by atoms with Crippen molar-refractivity contribution in [1.82, 2.24) is 10.2 Å². The van der Waals surface area contributed by atoms with Crippen LogP contribution in [0.2, 0.25) is 0 Å². The highest BCUT2D eigenvalue weighted by Gasteiger charge is 2.08. The van der Waals surface area contributed by atoms with Crippen molar-refractivity contribution in [3.63, 3.8) is 0 Å². The molecule has 1 heterocycles. The molecule has 0 atom stereocenters. The number of amides is 1. The van der Waals surface area contributed by atoms with Crippen LogP contribution in [0.5, 0.6) is 0 Å². The zero-order valence-corrected chi connectivity index (χ0v) is 11.7. The van der Waals surface area contributed by atoms with Crippen molar-refractivity contribution in [3.8, 4) is 0 Å². The van der Waals surface area contributed by atoms with Crippen LogP contribution in [0.4, 0.5) is 11.5 Å². The lowest BCUT2D eigenvalue weighted by Gasteiger charge is -2.06. The van der Waals surface area contributed by atoms with Crippen molar-refractivity contribution in [1.29, 1.82) is 0 Å². The van der Waals surface area contributed by atoms with E-state index in [0.717, 1.165) is 18.7 Å². The number of carbonyl (C=O) groups excluding carboxylic acids is 1. The molecule has 0 radical (unpaired) electrons. The van der Waals surface area contributed by atoms with E-state index in [2.05, 4.69) is 27.8 Å². The van der Waals surface area contributed by atoms with E-state index in [1.165, 1.54) is 5.56 Å². The second kappa shape index (κ2) is 6.65. The minimum Gasteiger partial charge on any atom is -0.369 e. The highest BCUT2D eigenvalue weighted by atomic mass is 16.1. The maximum atomic E-state index is 12.0. The van der Waals surface area contributed by atoms with Crippen molar-refractivity contribution in [2.45, 2.75) is 20.3 Å². The first-order valence-corrected chi connectivity index (χ1v) is 6.70. The van der Waals surface area contributed by atoms with Crippen LogP contribution in [-0.4, -0.2) is 22.6 Å². The summed E-state index contributed by atoms with van der Waals surface area (Å²) in [5.41, 5.74) is 2.25. The first-order chi connectivity index (χ1) is 9.72. The third-order valence-electron chi connectivity index (χ3n) is 2.85. The molecule has 0 spiro atoms. The molecule has 0 aliphatic heterocycles. The monoisotopic (exact) mass is 270 g/mol. The number of carbonyl (C=O) groups is 1. The molecular weight excluding hydrogens is 252 g/mol. The zero-order valence-electron chi connectivity index (χ0n) is 11.7. The Morgan fingerprint density at radius 3 is 2.65 bits per heavy atom. The van der Waals surface area contributed by atoms with E-state index in [1.54, 1.807) is 12.1 Å². The van der Waals surface area contributed by atoms with Gasteiger partial charge >= 0.3 is 0 Å². The Morgan fingerprint density at radius 2 is 2.00 bits per heavy atom. The van der Waals surface area contributed by atoms with Crippen LogP contribution in [0.15, 0.2) is 36.4 Å². The van der Waals surface area contributed by atoms with E-state index in [-0.39, 0.29) is 5.91 Å². The number of rotatable bonds is 5. The van der Waals surface area contributed by atoms with Gasteiger partial charge in [0.2, 0.25) is 0 Å². The maximum Gasteiger partial charge on any atom is 0.276 e. The summed E-state index contributed by atoms with van der Waals surface area (Å²) >= 11 is 0. The van der Waals surface area contributed by atoms with Crippen molar-refractivity contribution in [2.24, 2.45) is 0 Å². The zero-order chi connectivity index (χ0) is 14.4. The largest absolute Gasteiger partial charge is 0.369 e. The molecule has 1 aromatic heterocycles. The normalized spacial score (nSPS) is 10.1. The number of hydrogen-bond acceptors (Lipinski definition) is 4. The molecule has 0 saturated heterocycles. The molecule has 0 aliphatic carbocycles. The van der Waals surface area contributed by atoms with Gasteiger partial charge in [0.15, 0.2) is 5.69 Å². The molecule has 20 heavy (non-hydrogen) atoms. The maximum absolute atomic E-state index is 12.0. The van der Waals surface area contributed by atoms with Crippen LogP contribution in [-0.2, 0) is 6.42 Å². The van der Waals surface area contributed by atoms with E-state index in [0.29, 0.717) is 11.5 Å². The van der Waals surface area contributed by atoms with Gasteiger partial charge in [-0.3, -0.25) is 4.79 Å². The van der Waals surface area contributed by atoms with Gasteiger partial charge in [0.25, 0.3) is 5.91 Å². The summed E-state index contributed by atoms with van der Waals surface area (Å²) in [6.07, 6.45) is 0.931. The molecule has 0 aliphatic rings. The quantitative estimate of drug-likeness (QED) is 0.876. The van der Waals surface area contributed by atoms with Gasteiger partial charge in [-0.2, -0.15) is 0 Å². The second-order valence-corrected chi connectivity index (χ2v) is 4.34. The van der Waals surface area contributed by atoms with Gasteiger partial charge in [-0.1, -0.05) is 19.1 Å². The lowest BCUT2D eigenvalue weighted by Crippen LogP contribution is -2.15. The highest BCUT2D eigenvalue weighted by molar-refractivity contribution is 6.02. The summed E-state index contributed by atoms with van der Waals surface area (Å²) in [7, 11) is 0. The standard InChI is InChI=1S/C15H18N4O/c1-3-11-6-5-7-12(10-11)17-15(20)13-8-9-14(16-4-2)19-18-13/h5-10H,3-4H2,1-2H3,(H,16,19)(H,17,20). The number of aromatic nitrogens is 2. The first kappa shape index (κ1) is 14.0. The van der Waals surface area contributed by atoms with E-state index in [4.69, 9.17) is 0 Å². The third kappa shape index (κ3) is 3.54. The smallest absolute Gasteiger partial charge is 0.276 e. The predicted molar refractivity (Wildman–Crippen MR) is 80.0 cm³/mol. The van der Waals surface area contributed by atoms with E-state index < -0.39 is 0 Å². The highest BCUT2D eigenvalue weighted by Crippen LogP contribution is 2.12. The van der Waals surface area contributed by atoms with E-state index >= 15 is 0 Å². The summed E-state index contributed by atoms with van der Waals surface area (Å²) in [6, 6.07) is 11.2. The Morgan fingerprint density at radius 1 is 1.15 bits per heavy atom. The SMILES string of the molecule is CCNc1ccc(C(=O)Nc2cccc(CC)c2)nn1. The van der Waals surface area contributed by atoms with E-state index in [1.807, 2.05) is 31.2 Å². The number of hydrogen-bond donors (Lipinski definition) is 2. The average molecular weight is 270 g/mol. The summed E-state index contributed by atoms with van der Waals surface area (Å²) < 4.78 is 0. The van der Waals surface area contributed by atoms with Crippen molar-refractivity contribution in [2.75, 3.05) is 17.2 Å². The Kier molecular flexibility index (Phi) is 4.65. The van der Waals surface area contributed by atoms with Crippen LogP contribution < -0.4 is 10.6 Å². The first-order valence-electron chi connectivity index (χ1n) is 6.70. The van der Waals surface area contributed by atoms with Gasteiger partial charge in [-0.05, 0) is 43.2 Å². The Bertz CT molecular complexity index is 581. The molecule has 2 rings (SSSR count). The summed E-state index contributed by atoms with van der Waals surface area (Å²) in [5, 5.41) is 13.7. The minimum absolute atomic E-state index is 0.256. The fourth-order valence-electron chi connectivity index (χ4n) is 1.79. The number of nitrogens with one attached hydrogen (secondary N) is 2. The molecule has 104 valence electrons. The van der Waals surface area contributed by atoms with Crippen LogP contribution in [0.3, 0.4) is 0 Å². The van der Waals surface area contributed by atoms with Crippen LogP contribution in [0.1, 0.15) is 29.9 Å². The lowest BCUT2D eigenvalue weighted by atomic mass is 10.1. The van der Waals surface area contributed by atoms with Gasteiger partial charge in [-0.25, -0.2) is 0 Å². The topological polar surface area (TPSA) is 66.9 Å². The van der Waals surface area contributed by atoms with Crippen molar-refractivity contribution >= 4 is 17.4 Å². The van der Waals surface area contributed by atoms with Crippen molar-refractivity contribution < 1.29 is 4.79 Å². The minimum atomic E-state index is -0.256. The van der Waals surface area contributed by atoms with Crippen LogP contribution in [0, 0.1) is 0 Å². The Labute approximate surface area is 118 Å². The molecule has 1 amide bonds. The van der Waals surface area contributed by atoms with Gasteiger partial charge in [0.1, 0.15) is 5.82 Å². The van der Waals surface area contributed by atoms with Gasteiger partial charge in [0, 0.05) is 12.2 Å². The summed E-state index contributed by atoms with van der Waals surface area (Å²) in [4.78, 5) is 12.0. The molecule has 0 saturated carbocycles. The fourth-order valence-corrected chi connectivity index (χ4v) is 1.79. The second-order valence-electron chi connectivity index (χ2n) is 4.34. The van der Waals surface area contributed by atoms with E-state index in [9.17, 15) is 4.79 Å². The van der Waals surface area contributed by atoms with Crippen LogP contribution >= 0.6 is 0 Å². The Balaban J connectivity index is 2.07. The number of aryl methyl sites for hydroxylation is 1.